The average Bonchev–Trinajstić information content (AvgIpc) is 3.14. The Balaban J connectivity index is 1.54. The average molecular weight is 489 g/mol. The predicted molar refractivity (Wildman–Crippen MR) is 135 cm³/mol. The summed E-state index contributed by atoms with van der Waals surface area (Å²) in [5.74, 6) is -0.368. The van der Waals surface area contributed by atoms with Gasteiger partial charge in [-0.05, 0) is 52.7 Å². The number of rotatable bonds is 5. The normalized spacial score (nSPS) is 14.6. The Bertz CT molecular complexity index is 1450. The molecule has 1 aliphatic heterocycles. The SMILES string of the molecule is O=C1NN(c2ccccc2)C(=O)/C1=C\c1c(OCc2ccc(Cl)c(Cl)c2)ccc2ccccc12. The number of hydrazine groups is 1. The van der Waals surface area contributed by atoms with Crippen molar-refractivity contribution in [2.24, 2.45) is 0 Å². The molecule has 0 bridgehead atoms. The van der Waals surface area contributed by atoms with Crippen molar-refractivity contribution < 1.29 is 14.3 Å². The fourth-order valence-electron chi connectivity index (χ4n) is 3.80. The van der Waals surface area contributed by atoms with E-state index < -0.39 is 11.8 Å². The number of hydrogen-bond acceptors (Lipinski definition) is 3. The second-order valence-corrected chi connectivity index (χ2v) is 8.53. The minimum atomic E-state index is -0.475. The first-order valence-corrected chi connectivity index (χ1v) is 11.3. The number of carbonyl (C=O) groups is 2. The van der Waals surface area contributed by atoms with Crippen LogP contribution in [-0.2, 0) is 16.2 Å². The zero-order valence-corrected chi connectivity index (χ0v) is 19.3. The van der Waals surface area contributed by atoms with Crippen LogP contribution in [0, 0.1) is 0 Å². The summed E-state index contributed by atoms with van der Waals surface area (Å²) in [7, 11) is 0. The molecule has 7 heteroatoms. The number of carbonyl (C=O) groups excluding carboxylic acids is 2. The quantitative estimate of drug-likeness (QED) is 0.269. The number of halogens is 2. The molecule has 1 aliphatic rings. The molecule has 1 fully saturated rings. The number of anilines is 1. The molecule has 0 radical (unpaired) electrons. The molecule has 0 aliphatic carbocycles. The number of para-hydroxylation sites is 1. The van der Waals surface area contributed by atoms with Crippen LogP contribution in [-0.4, -0.2) is 11.8 Å². The van der Waals surface area contributed by atoms with Crippen molar-refractivity contribution >= 4 is 57.6 Å². The number of benzene rings is 4. The highest BCUT2D eigenvalue weighted by molar-refractivity contribution is 6.42. The summed E-state index contributed by atoms with van der Waals surface area (Å²) >= 11 is 12.1. The van der Waals surface area contributed by atoms with Gasteiger partial charge in [0.15, 0.2) is 0 Å². The van der Waals surface area contributed by atoms with Gasteiger partial charge in [-0.25, -0.2) is 5.01 Å². The van der Waals surface area contributed by atoms with Crippen molar-refractivity contribution in [3.8, 4) is 5.75 Å². The maximum Gasteiger partial charge on any atom is 0.282 e. The molecule has 0 spiro atoms. The van der Waals surface area contributed by atoms with Crippen LogP contribution in [0.5, 0.6) is 5.75 Å². The van der Waals surface area contributed by atoms with Gasteiger partial charge >= 0.3 is 0 Å². The monoisotopic (exact) mass is 488 g/mol. The second kappa shape index (κ2) is 9.21. The van der Waals surface area contributed by atoms with Gasteiger partial charge in [-0.3, -0.25) is 15.0 Å². The largest absolute Gasteiger partial charge is 0.488 e. The van der Waals surface area contributed by atoms with Crippen molar-refractivity contribution in [1.82, 2.24) is 5.43 Å². The first-order valence-electron chi connectivity index (χ1n) is 10.5. The lowest BCUT2D eigenvalue weighted by Crippen LogP contribution is -2.35. The van der Waals surface area contributed by atoms with Gasteiger partial charge in [-0.2, -0.15) is 0 Å². The summed E-state index contributed by atoms with van der Waals surface area (Å²) in [6, 6.07) is 25.7. The molecule has 2 amide bonds. The van der Waals surface area contributed by atoms with Crippen LogP contribution in [0.1, 0.15) is 11.1 Å². The van der Waals surface area contributed by atoms with Crippen molar-refractivity contribution in [2.45, 2.75) is 6.61 Å². The first-order chi connectivity index (χ1) is 16.5. The molecule has 1 saturated heterocycles. The summed E-state index contributed by atoms with van der Waals surface area (Å²) in [5.41, 5.74) is 4.73. The molecule has 168 valence electrons. The van der Waals surface area contributed by atoms with E-state index in [-0.39, 0.29) is 12.2 Å². The van der Waals surface area contributed by atoms with Gasteiger partial charge in [-0.15, -0.1) is 0 Å². The third-order valence-corrected chi connectivity index (χ3v) is 6.24. The van der Waals surface area contributed by atoms with E-state index in [1.807, 2.05) is 48.5 Å². The first kappa shape index (κ1) is 22.0. The minimum absolute atomic E-state index is 0.0274. The van der Waals surface area contributed by atoms with E-state index in [4.69, 9.17) is 27.9 Å². The van der Waals surface area contributed by atoms with E-state index in [1.165, 1.54) is 5.01 Å². The van der Waals surface area contributed by atoms with Crippen LogP contribution < -0.4 is 15.2 Å². The van der Waals surface area contributed by atoms with Crippen LogP contribution in [0.3, 0.4) is 0 Å². The maximum absolute atomic E-state index is 13.1. The topological polar surface area (TPSA) is 58.6 Å². The molecule has 5 rings (SSSR count). The Morgan fingerprint density at radius 3 is 2.41 bits per heavy atom. The van der Waals surface area contributed by atoms with Gasteiger partial charge < -0.3 is 4.74 Å². The number of fused-ring (bicyclic) bond motifs is 1. The second-order valence-electron chi connectivity index (χ2n) is 7.71. The summed E-state index contributed by atoms with van der Waals surface area (Å²) < 4.78 is 6.12. The Hall–Kier alpha value is -3.80. The highest BCUT2D eigenvalue weighted by atomic mass is 35.5. The van der Waals surface area contributed by atoms with E-state index in [9.17, 15) is 9.59 Å². The molecule has 1 heterocycles. The van der Waals surface area contributed by atoms with Crippen LogP contribution in [0.4, 0.5) is 5.69 Å². The third-order valence-electron chi connectivity index (χ3n) is 5.50. The molecule has 4 aromatic rings. The highest BCUT2D eigenvalue weighted by Crippen LogP contribution is 2.33. The fourth-order valence-corrected chi connectivity index (χ4v) is 4.12. The van der Waals surface area contributed by atoms with E-state index in [2.05, 4.69) is 5.43 Å². The summed E-state index contributed by atoms with van der Waals surface area (Å²) in [6.45, 7) is 0.238. The standard InChI is InChI=1S/C27H18Cl2N2O3/c28-23-12-10-17(14-24(23)29)16-34-25-13-11-18-6-4-5-9-20(18)21(25)15-22-26(32)30-31(27(22)33)19-7-2-1-3-8-19/h1-15H,16H2,(H,30,32)/b22-15-. The smallest absolute Gasteiger partial charge is 0.282 e. The van der Waals surface area contributed by atoms with E-state index in [0.29, 0.717) is 27.0 Å². The zero-order valence-electron chi connectivity index (χ0n) is 17.8. The summed E-state index contributed by atoms with van der Waals surface area (Å²) in [6.07, 6.45) is 1.59. The molecular weight excluding hydrogens is 471 g/mol. The van der Waals surface area contributed by atoms with Crippen molar-refractivity contribution in [2.75, 3.05) is 5.01 Å². The number of ether oxygens (including phenoxy) is 1. The summed E-state index contributed by atoms with van der Waals surface area (Å²) in [4.78, 5) is 25.9. The number of nitrogens with one attached hydrogen (secondary N) is 1. The van der Waals surface area contributed by atoms with E-state index in [0.717, 1.165) is 16.3 Å². The van der Waals surface area contributed by atoms with Crippen molar-refractivity contribution in [3.63, 3.8) is 0 Å². The number of amides is 2. The van der Waals surface area contributed by atoms with Gasteiger partial charge in [0.25, 0.3) is 11.8 Å². The Kier molecular flexibility index (Phi) is 5.97. The minimum Gasteiger partial charge on any atom is -0.488 e. The Morgan fingerprint density at radius 2 is 1.62 bits per heavy atom. The van der Waals surface area contributed by atoms with Crippen LogP contribution in [0.15, 0.2) is 90.5 Å². The highest BCUT2D eigenvalue weighted by Gasteiger charge is 2.34. The van der Waals surface area contributed by atoms with Gasteiger partial charge in [0.2, 0.25) is 0 Å². The molecule has 34 heavy (non-hydrogen) atoms. The molecule has 0 saturated carbocycles. The lowest BCUT2D eigenvalue weighted by atomic mass is 10.0. The molecule has 5 nitrogen and oxygen atoms in total. The van der Waals surface area contributed by atoms with Gasteiger partial charge in [0.1, 0.15) is 17.9 Å². The zero-order chi connectivity index (χ0) is 23.7. The summed E-state index contributed by atoms with van der Waals surface area (Å²) in [5, 5.41) is 3.98. The number of nitrogens with zero attached hydrogens (tertiary/aromatic N) is 1. The van der Waals surface area contributed by atoms with Gasteiger partial charge in [-0.1, -0.05) is 77.8 Å². The van der Waals surface area contributed by atoms with Crippen LogP contribution >= 0.6 is 23.2 Å². The van der Waals surface area contributed by atoms with E-state index in [1.54, 1.807) is 42.5 Å². The molecule has 0 unspecified atom stereocenters. The Morgan fingerprint density at radius 1 is 0.853 bits per heavy atom. The lowest BCUT2D eigenvalue weighted by molar-refractivity contribution is -0.117. The van der Waals surface area contributed by atoms with Gasteiger partial charge in [0.05, 0.1) is 15.7 Å². The van der Waals surface area contributed by atoms with Crippen LogP contribution in [0.2, 0.25) is 10.0 Å². The fraction of sp³-hybridized carbons (Fsp3) is 0.0370. The third kappa shape index (κ3) is 4.23. The molecular formula is C27H18Cl2N2O3. The van der Waals surface area contributed by atoms with Gasteiger partial charge in [0, 0.05) is 5.56 Å². The maximum atomic E-state index is 13.1. The molecule has 4 aromatic carbocycles. The van der Waals surface area contributed by atoms with Crippen molar-refractivity contribution in [1.29, 1.82) is 0 Å². The molecule has 0 atom stereocenters. The van der Waals surface area contributed by atoms with Crippen LogP contribution in [0.25, 0.3) is 16.8 Å². The lowest BCUT2D eigenvalue weighted by Gasteiger charge is -2.14. The van der Waals surface area contributed by atoms with E-state index >= 15 is 0 Å². The van der Waals surface area contributed by atoms with Crippen molar-refractivity contribution in [3.05, 3.63) is 112 Å². The Labute approximate surface area is 206 Å². The molecule has 0 aromatic heterocycles. The number of hydrogen-bond donors (Lipinski definition) is 1. The predicted octanol–water partition coefficient (Wildman–Crippen LogP) is 6.19. The molecule has 1 N–H and O–H groups in total.